The number of piperazine rings is 1. The minimum Gasteiger partial charge on any atom is -0.303 e. The molecule has 1 atom stereocenters. The summed E-state index contributed by atoms with van der Waals surface area (Å²) in [6, 6.07) is 4.77. The molecular weight excluding hydrogens is 378 g/mol. The van der Waals surface area contributed by atoms with Gasteiger partial charge in [0.1, 0.15) is 0 Å². The summed E-state index contributed by atoms with van der Waals surface area (Å²) in [5, 5.41) is 0.489. The Kier molecular flexibility index (Phi) is 5.67. The van der Waals surface area contributed by atoms with Gasteiger partial charge < -0.3 is 4.90 Å². The van der Waals surface area contributed by atoms with Gasteiger partial charge in [-0.2, -0.15) is 0 Å². The molecule has 8 heteroatoms. The highest BCUT2D eigenvalue weighted by atomic mass is 79.9. The molecule has 1 fully saturated rings. The number of sulfonamides is 1. The lowest BCUT2D eigenvalue weighted by molar-refractivity contribution is 0.117. The van der Waals surface area contributed by atoms with Gasteiger partial charge in [0.2, 0.25) is 10.0 Å². The first-order valence-corrected chi connectivity index (χ1v) is 9.28. The first-order valence-electron chi connectivity index (χ1n) is 6.63. The SMILES string of the molecule is CN1CCN(C)C(CNS(=O)(=O)c2ccc(Cl)c(Br)c2)C1. The molecule has 2 rings (SSSR count). The van der Waals surface area contributed by atoms with Crippen molar-refractivity contribution in [2.75, 3.05) is 40.3 Å². The average molecular weight is 397 g/mol. The minimum absolute atomic E-state index is 0.175. The van der Waals surface area contributed by atoms with Crippen LogP contribution in [0.15, 0.2) is 27.6 Å². The maximum absolute atomic E-state index is 12.3. The van der Waals surface area contributed by atoms with Crippen LogP contribution in [-0.2, 0) is 10.0 Å². The van der Waals surface area contributed by atoms with E-state index >= 15 is 0 Å². The maximum Gasteiger partial charge on any atom is 0.240 e. The van der Waals surface area contributed by atoms with Crippen LogP contribution in [0, 0.1) is 0 Å². The Labute approximate surface area is 139 Å². The zero-order valence-corrected chi connectivity index (χ0v) is 15.2. The summed E-state index contributed by atoms with van der Waals surface area (Å²) in [7, 11) is 0.541. The second-order valence-electron chi connectivity index (χ2n) is 5.32. The number of nitrogens with zero attached hydrogens (tertiary/aromatic N) is 2. The van der Waals surface area contributed by atoms with E-state index in [1.165, 1.54) is 12.1 Å². The fourth-order valence-corrected chi connectivity index (χ4v) is 4.00. The maximum atomic E-state index is 12.3. The topological polar surface area (TPSA) is 52.6 Å². The van der Waals surface area contributed by atoms with E-state index in [0.717, 1.165) is 19.6 Å². The van der Waals surface area contributed by atoms with Crippen LogP contribution in [0.1, 0.15) is 0 Å². The van der Waals surface area contributed by atoms with Crippen LogP contribution in [0.2, 0.25) is 5.02 Å². The van der Waals surface area contributed by atoms with Gasteiger partial charge in [-0.05, 0) is 48.2 Å². The zero-order valence-electron chi connectivity index (χ0n) is 12.0. The Morgan fingerprint density at radius 2 is 2.10 bits per heavy atom. The third-order valence-corrected chi connectivity index (χ3v) is 6.33. The van der Waals surface area contributed by atoms with Gasteiger partial charge in [-0.3, -0.25) is 4.90 Å². The molecule has 0 aromatic heterocycles. The summed E-state index contributed by atoms with van der Waals surface area (Å²) in [5.41, 5.74) is 0. The molecule has 1 N–H and O–H groups in total. The smallest absolute Gasteiger partial charge is 0.240 e. The zero-order chi connectivity index (χ0) is 15.6. The van der Waals surface area contributed by atoms with Gasteiger partial charge in [0.25, 0.3) is 0 Å². The Bertz CT molecular complexity index is 611. The third-order valence-electron chi connectivity index (χ3n) is 3.69. The van der Waals surface area contributed by atoms with Gasteiger partial charge in [0.15, 0.2) is 0 Å². The summed E-state index contributed by atoms with van der Waals surface area (Å²) in [4.78, 5) is 4.60. The van der Waals surface area contributed by atoms with Gasteiger partial charge in [0.05, 0.1) is 9.92 Å². The van der Waals surface area contributed by atoms with E-state index in [1.54, 1.807) is 6.07 Å². The molecule has 0 saturated carbocycles. The molecule has 21 heavy (non-hydrogen) atoms. The van der Waals surface area contributed by atoms with Crippen LogP contribution in [0.5, 0.6) is 0 Å². The predicted molar refractivity (Wildman–Crippen MR) is 88.3 cm³/mol. The van der Waals surface area contributed by atoms with E-state index < -0.39 is 10.0 Å². The third kappa shape index (κ3) is 4.40. The quantitative estimate of drug-likeness (QED) is 0.840. The number of rotatable bonds is 4. The lowest BCUT2D eigenvalue weighted by Gasteiger charge is -2.37. The molecule has 1 aliphatic rings. The van der Waals surface area contributed by atoms with E-state index in [1.807, 2.05) is 14.1 Å². The monoisotopic (exact) mass is 395 g/mol. The Morgan fingerprint density at radius 3 is 2.76 bits per heavy atom. The summed E-state index contributed by atoms with van der Waals surface area (Å²) < 4.78 is 27.9. The molecule has 0 aliphatic carbocycles. The number of hydrogen-bond donors (Lipinski definition) is 1. The van der Waals surface area contributed by atoms with Crippen molar-refractivity contribution >= 4 is 37.6 Å². The second kappa shape index (κ2) is 6.93. The summed E-state index contributed by atoms with van der Waals surface area (Å²) in [5.74, 6) is 0. The predicted octanol–water partition coefficient (Wildman–Crippen LogP) is 1.63. The molecule has 5 nitrogen and oxygen atoms in total. The van der Waals surface area contributed by atoms with Crippen LogP contribution >= 0.6 is 27.5 Å². The van der Waals surface area contributed by atoms with E-state index in [0.29, 0.717) is 16.0 Å². The summed E-state index contributed by atoms with van der Waals surface area (Å²) in [6.45, 7) is 3.19. The molecule has 1 aromatic rings. The molecule has 1 saturated heterocycles. The lowest BCUT2D eigenvalue weighted by Crippen LogP contribution is -2.54. The minimum atomic E-state index is -3.52. The van der Waals surface area contributed by atoms with Crippen molar-refractivity contribution in [3.05, 3.63) is 27.7 Å². The second-order valence-corrected chi connectivity index (χ2v) is 8.35. The Balaban J connectivity index is 2.05. The number of likely N-dealkylation sites (N-methyl/N-ethyl adjacent to an activating group) is 2. The van der Waals surface area contributed by atoms with Crippen LogP contribution in [0.4, 0.5) is 0 Å². The summed E-state index contributed by atoms with van der Waals surface area (Å²) >= 11 is 9.13. The van der Waals surface area contributed by atoms with Crippen LogP contribution in [0.25, 0.3) is 0 Å². The molecule has 118 valence electrons. The lowest BCUT2D eigenvalue weighted by atomic mass is 10.2. The molecule has 1 aliphatic heterocycles. The molecular formula is C13H19BrClN3O2S. The van der Waals surface area contributed by atoms with Crippen molar-refractivity contribution in [1.82, 2.24) is 14.5 Å². The van der Waals surface area contributed by atoms with E-state index in [-0.39, 0.29) is 10.9 Å². The highest BCUT2D eigenvalue weighted by molar-refractivity contribution is 9.10. The molecule has 0 radical (unpaired) electrons. The van der Waals surface area contributed by atoms with E-state index in [4.69, 9.17) is 11.6 Å². The number of benzene rings is 1. The highest BCUT2D eigenvalue weighted by Gasteiger charge is 2.24. The van der Waals surface area contributed by atoms with Crippen molar-refractivity contribution in [2.45, 2.75) is 10.9 Å². The fraction of sp³-hybridized carbons (Fsp3) is 0.538. The number of nitrogens with one attached hydrogen (secondary N) is 1. The number of hydrogen-bond acceptors (Lipinski definition) is 4. The fourth-order valence-electron chi connectivity index (χ4n) is 2.26. The van der Waals surface area contributed by atoms with Gasteiger partial charge >= 0.3 is 0 Å². The van der Waals surface area contributed by atoms with E-state index in [2.05, 4.69) is 30.5 Å². The number of halogens is 2. The Morgan fingerprint density at radius 1 is 1.38 bits per heavy atom. The first kappa shape index (κ1) is 17.2. The van der Waals surface area contributed by atoms with Crippen LogP contribution in [0.3, 0.4) is 0 Å². The van der Waals surface area contributed by atoms with Crippen molar-refractivity contribution in [2.24, 2.45) is 0 Å². The van der Waals surface area contributed by atoms with Gasteiger partial charge in [-0.15, -0.1) is 0 Å². The standard InChI is InChI=1S/C13H19BrClN3O2S/c1-17-5-6-18(2)10(9-17)8-16-21(19,20)11-3-4-13(15)12(14)7-11/h3-4,7,10,16H,5-6,8-9H2,1-2H3. The highest BCUT2D eigenvalue weighted by Crippen LogP contribution is 2.25. The largest absolute Gasteiger partial charge is 0.303 e. The molecule has 1 heterocycles. The molecule has 0 amide bonds. The van der Waals surface area contributed by atoms with Gasteiger partial charge in [-0.25, -0.2) is 13.1 Å². The van der Waals surface area contributed by atoms with Crippen molar-refractivity contribution in [1.29, 1.82) is 0 Å². The first-order chi connectivity index (χ1) is 9.79. The van der Waals surface area contributed by atoms with E-state index in [9.17, 15) is 8.42 Å². The molecule has 1 aromatic carbocycles. The van der Waals surface area contributed by atoms with Gasteiger partial charge in [0, 0.05) is 36.7 Å². The Hall–Kier alpha value is -0.180. The normalized spacial score (nSPS) is 21.6. The molecule has 0 bridgehead atoms. The van der Waals surface area contributed by atoms with Crippen LogP contribution in [-0.4, -0.2) is 64.5 Å². The van der Waals surface area contributed by atoms with Crippen LogP contribution < -0.4 is 4.72 Å². The van der Waals surface area contributed by atoms with Gasteiger partial charge in [-0.1, -0.05) is 11.6 Å². The van der Waals surface area contributed by atoms with Crippen molar-refractivity contribution < 1.29 is 8.42 Å². The average Bonchev–Trinajstić information content (AvgIpc) is 2.43. The molecule has 0 spiro atoms. The van der Waals surface area contributed by atoms with Crippen molar-refractivity contribution in [3.8, 4) is 0 Å². The van der Waals surface area contributed by atoms with Crippen molar-refractivity contribution in [3.63, 3.8) is 0 Å². The molecule has 1 unspecified atom stereocenters. The summed E-state index contributed by atoms with van der Waals surface area (Å²) in [6.07, 6.45) is 0.